The summed E-state index contributed by atoms with van der Waals surface area (Å²) in [6, 6.07) is 7.48. The second kappa shape index (κ2) is 7.05. The standard InChI is InChI=1S/C14H22N6O/c1-18-6-8-19(9-7-18)14(21)10-12-2-4-13(5-3-12)20(16)11-17-15/h2-5,11H,6-10,15-16H2,1H3/b17-11-. The first-order chi connectivity index (χ1) is 10.1. The maximum absolute atomic E-state index is 12.2. The van der Waals surface area contributed by atoms with Crippen molar-refractivity contribution < 1.29 is 4.79 Å². The zero-order valence-electron chi connectivity index (χ0n) is 12.3. The molecule has 7 heteroatoms. The van der Waals surface area contributed by atoms with E-state index in [1.165, 1.54) is 11.3 Å². The molecule has 1 aliphatic rings. The number of carbonyl (C=O) groups excluding carboxylic acids is 1. The number of hydrazine groups is 1. The van der Waals surface area contributed by atoms with Gasteiger partial charge in [-0.1, -0.05) is 12.1 Å². The van der Waals surface area contributed by atoms with Crippen molar-refractivity contribution >= 4 is 17.9 Å². The third-order valence-electron chi connectivity index (χ3n) is 3.64. The van der Waals surface area contributed by atoms with E-state index in [-0.39, 0.29) is 5.91 Å². The number of likely N-dealkylation sites (N-methyl/N-ethyl adjacent to an activating group) is 1. The van der Waals surface area contributed by atoms with Crippen LogP contribution in [0.5, 0.6) is 0 Å². The van der Waals surface area contributed by atoms with E-state index in [0.29, 0.717) is 6.42 Å². The molecule has 114 valence electrons. The number of benzene rings is 1. The lowest BCUT2D eigenvalue weighted by molar-refractivity contribution is -0.132. The second-order valence-electron chi connectivity index (χ2n) is 5.20. The number of carbonyl (C=O) groups is 1. The average Bonchev–Trinajstić information content (AvgIpc) is 2.49. The Kier molecular flexibility index (Phi) is 5.13. The van der Waals surface area contributed by atoms with Gasteiger partial charge in [0.05, 0.1) is 12.1 Å². The molecule has 0 aliphatic carbocycles. The topological polar surface area (TPSA) is 91.2 Å². The Morgan fingerprint density at radius 2 is 1.90 bits per heavy atom. The molecule has 4 N–H and O–H groups in total. The predicted molar refractivity (Wildman–Crippen MR) is 83.6 cm³/mol. The van der Waals surface area contributed by atoms with Crippen molar-refractivity contribution in [1.82, 2.24) is 9.80 Å². The number of nitrogens with two attached hydrogens (primary N) is 2. The van der Waals surface area contributed by atoms with Gasteiger partial charge in [-0.05, 0) is 24.7 Å². The van der Waals surface area contributed by atoms with Gasteiger partial charge >= 0.3 is 0 Å². The van der Waals surface area contributed by atoms with Gasteiger partial charge in [0.15, 0.2) is 0 Å². The first-order valence-corrected chi connectivity index (χ1v) is 6.92. The minimum Gasteiger partial charge on any atom is -0.340 e. The maximum Gasteiger partial charge on any atom is 0.227 e. The van der Waals surface area contributed by atoms with Crippen LogP contribution in [-0.2, 0) is 11.2 Å². The normalized spacial score (nSPS) is 16.4. The minimum atomic E-state index is 0.170. The molecule has 1 aliphatic heterocycles. The molecular formula is C14H22N6O. The zero-order chi connectivity index (χ0) is 15.2. The van der Waals surface area contributed by atoms with E-state index in [1.54, 1.807) is 0 Å². The molecule has 1 aromatic rings. The van der Waals surface area contributed by atoms with Crippen molar-refractivity contribution in [3.63, 3.8) is 0 Å². The molecule has 0 spiro atoms. The van der Waals surface area contributed by atoms with Gasteiger partial charge in [-0.15, -0.1) is 0 Å². The molecule has 0 radical (unpaired) electrons. The Morgan fingerprint density at radius 1 is 1.29 bits per heavy atom. The van der Waals surface area contributed by atoms with E-state index in [2.05, 4.69) is 17.0 Å². The highest BCUT2D eigenvalue weighted by atomic mass is 16.2. The fraction of sp³-hybridized carbons (Fsp3) is 0.429. The molecule has 0 unspecified atom stereocenters. The van der Waals surface area contributed by atoms with Crippen LogP contribution < -0.4 is 16.7 Å². The summed E-state index contributed by atoms with van der Waals surface area (Å²) in [6.45, 7) is 3.48. The van der Waals surface area contributed by atoms with Crippen LogP contribution >= 0.6 is 0 Å². The first kappa shape index (κ1) is 15.3. The van der Waals surface area contributed by atoms with Crippen molar-refractivity contribution in [2.75, 3.05) is 38.2 Å². The average molecular weight is 290 g/mol. The Morgan fingerprint density at radius 3 is 2.48 bits per heavy atom. The second-order valence-corrected chi connectivity index (χ2v) is 5.20. The molecule has 0 bridgehead atoms. The van der Waals surface area contributed by atoms with E-state index >= 15 is 0 Å². The lowest BCUT2D eigenvalue weighted by Gasteiger charge is -2.32. The highest BCUT2D eigenvalue weighted by Gasteiger charge is 2.18. The lowest BCUT2D eigenvalue weighted by atomic mass is 10.1. The van der Waals surface area contributed by atoms with Crippen LogP contribution in [0.2, 0.25) is 0 Å². The number of amides is 1. The third kappa shape index (κ3) is 4.17. The van der Waals surface area contributed by atoms with Gasteiger partial charge in [-0.2, -0.15) is 5.10 Å². The SMILES string of the molecule is CN1CCN(C(=O)Cc2ccc(N(N)/C=N\N)cc2)CC1. The smallest absolute Gasteiger partial charge is 0.227 e. The van der Waals surface area contributed by atoms with Crippen LogP contribution in [0, 0.1) is 0 Å². The molecule has 1 heterocycles. The summed E-state index contributed by atoms with van der Waals surface area (Å²) in [7, 11) is 2.07. The van der Waals surface area contributed by atoms with Crippen LogP contribution in [0.4, 0.5) is 5.69 Å². The summed E-state index contributed by atoms with van der Waals surface area (Å²) < 4.78 is 0. The molecule has 0 saturated carbocycles. The van der Waals surface area contributed by atoms with Gasteiger partial charge in [-0.3, -0.25) is 9.80 Å². The predicted octanol–water partition coefficient (Wildman–Crippen LogP) is -0.415. The van der Waals surface area contributed by atoms with Crippen molar-refractivity contribution in [3.05, 3.63) is 29.8 Å². The van der Waals surface area contributed by atoms with Crippen molar-refractivity contribution in [3.8, 4) is 0 Å². The number of anilines is 1. The molecule has 0 aromatic heterocycles. The Hall–Kier alpha value is -2.12. The summed E-state index contributed by atoms with van der Waals surface area (Å²) in [5.41, 5.74) is 1.74. The van der Waals surface area contributed by atoms with Gasteiger partial charge in [0.2, 0.25) is 5.91 Å². The molecule has 2 rings (SSSR count). The summed E-state index contributed by atoms with van der Waals surface area (Å²) >= 11 is 0. The lowest BCUT2D eigenvalue weighted by Crippen LogP contribution is -2.47. The maximum atomic E-state index is 12.2. The molecule has 1 fully saturated rings. The molecule has 7 nitrogen and oxygen atoms in total. The number of hydrazone groups is 1. The molecular weight excluding hydrogens is 268 g/mol. The monoisotopic (exact) mass is 290 g/mol. The zero-order valence-corrected chi connectivity index (χ0v) is 12.3. The van der Waals surface area contributed by atoms with Crippen molar-refractivity contribution in [1.29, 1.82) is 0 Å². The summed E-state index contributed by atoms with van der Waals surface area (Å²) in [4.78, 5) is 16.4. The Labute approximate surface area is 124 Å². The quantitative estimate of drug-likeness (QED) is 0.340. The van der Waals surface area contributed by atoms with Gasteiger partial charge in [-0.25, -0.2) is 5.84 Å². The van der Waals surface area contributed by atoms with Crippen LogP contribution in [0.3, 0.4) is 0 Å². The van der Waals surface area contributed by atoms with Crippen LogP contribution in [0.15, 0.2) is 29.4 Å². The summed E-state index contributed by atoms with van der Waals surface area (Å²) in [5.74, 6) is 10.9. The van der Waals surface area contributed by atoms with E-state index in [4.69, 9.17) is 11.7 Å². The number of rotatable bonds is 4. The van der Waals surface area contributed by atoms with Gasteiger partial charge in [0.25, 0.3) is 0 Å². The fourth-order valence-corrected chi connectivity index (χ4v) is 2.27. The highest BCUT2D eigenvalue weighted by molar-refractivity contribution is 5.80. The number of nitrogens with zero attached hydrogens (tertiary/aromatic N) is 4. The molecule has 1 aromatic carbocycles. The number of hydrogen-bond acceptors (Lipinski definition) is 5. The number of piperazine rings is 1. The van der Waals surface area contributed by atoms with Gasteiger partial charge < -0.3 is 15.6 Å². The van der Waals surface area contributed by atoms with E-state index in [1.807, 2.05) is 29.2 Å². The first-order valence-electron chi connectivity index (χ1n) is 6.92. The molecule has 0 atom stereocenters. The van der Waals surface area contributed by atoms with Gasteiger partial charge in [0.1, 0.15) is 6.34 Å². The largest absolute Gasteiger partial charge is 0.340 e. The van der Waals surface area contributed by atoms with E-state index in [0.717, 1.165) is 37.4 Å². The van der Waals surface area contributed by atoms with Gasteiger partial charge in [0, 0.05) is 26.2 Å². The van der Waals surface area contributed by atoms with Crippen molar-refractivity contribution in [2.24, 2.45) is 16.8 Å². The summed E-state index contributed by atoms with van der Waals surface area (Å²) in [5, 5.41) is 4.69. The Balaban J connectivity index is 1.92. The number of hydrogen-bond donors (Lipinski definition) is 2. The van der Waals surface area contributed by atoms with E-state index in [9.17, 15) is 4.79 Å². The van der Waals surface area contributed by atoms with Crippen LogP contribution in [0.25, 0.3) is 0 Å². The molecule has 1 amide bonds. The highest BCUT2D eigenvalue weighted by Crippen LogP contribution is 2.13. The third-order valence-corrected chi connectivity index (χ3v) is 3.64. The van der Waals surface area contributed by atoms with Crippen molar-refractivity contribution in [2.45, 2.75) is 6.42 Å². The fourth-order valence-electron chi connectivity index (χ4n) is 2.27. The van der Waals surface area contributed by atoms with Crippen LogP contribution in [-0.4, -0.2) is 55.3 Å². The molecule has 21 heavy (non-hydrogen) atoms. The minimum absolute atomic E-state index is 0.170. The van der Waals surface area contributed by atoms with E-state index < -0.39 is 0 Å². The molecule has 1 saturated heterocycles. The summed E-state index contributed by atoms with van der Waals surface area (Å²) in [6.07, 6.45) is 1.74. The Bertz CT molecular complexity index is 493. The van der Waals surface area contributed by atoms with Crippen LogP contribution in [0.1, 0.15) is 5.56 Å².